The molecule has 126 valence electrons. The zero-order chi connectivity index (χ0) is 17.9. The van der Waals surface area contributed by atoms with Crippen molar-refractivity contribution < 1.29 is 0 Å². The number of para-hydroxylation sites is 2. The maximum Gasteiger partial charge on any atom is 0.0393 e. The Kier molecular flexibility index (Phi) is 4.16. The Hall–Kier alpha value is -3.52. The van der Waals surface area contributed by atoms with E-state index >= 15 is 0 Å². The first kappa shape index (κ1) is 16.0. The fraction of sp³-hybridized carbons (Fsp3) is 0. The summed E-state index contributed by atoms with van der Waals surface area (Å²) < 4.78 is 0. The summed E-state index contributed by atoms with van der Waals surface area (Å²) in [5.41, 5.74) is 20.5. The number of nitrogen functional groups attached to an aromatic ring is 2. The minimum absolute atomic E-state index is 0.796. The second-order valence-electron chi connectivity index (χ2n) is 6.33. The van der Waals surface area contributed by atoms with Gasteiger partial charge in [-0.1, -0.05) is 84.9 Å². The molecule has 0 fully saturated rings. The summed E-state index contributed by atoms with van der Waals surface area (Å²) >= 11 is 0. The molecule has 0 aliphatic heterocycles. The Morgan fingerprint density at radius 3 is 1.00 bits per heavy atom. The Bertz CT molecular complexity index is 945. The minimum atomic E-state index is 0.796. The summed E-state index contributed by atoms with van der Waals surface area (Å²) in [6, 6.07) is 32.9. The zero-order valence-electron chi connectivity index (χ0n) is 14.4. The SMILES string of the molecule is Nc1ccccc1-c1ccc(-c2ccc(-c3ccccc3N)cc2)cc1. The zero-order valence-corrected chi connectivity index (χ0v) is 14.4. The first-order chi connectivity index (χ1) is 12.7. The second kappa shape index (κ2) is 6.77. The van der Waals surface area contributed by atoms with Gasteiger partial charge in [0.2, 0.25) is 0 Å². The highest BCUT2D eigenvalue weighted by atomic mass is 14.6. The van der Waals surface area contributed by atoms with E-state index in [4.69, 9.17) is 11.5 Å². The van der Waals surface area contributed by atoms with Gasteiger partial charge < -0.3 is 11.5 Å². The lowest BCUT2D eigenvalue weighted by Gasteiger charge is -2.09. The van der Waals surface area contributed by atoms with Crippen LogP contribution in [0.4, 0.5) is 11.4 Å². The highest BCUT2D eigenvalue weighted by Gasteiger charge is 2.05. The lowest BCUT2D eigenvalue weighted by Crippen LogP contribution is -1.90. The van der Waals surface area contributed by atoms with E-state index in [1.165, 1.54) is 11.1 Å². The van der Waals surface area contributed by atoms with Crippen molar-refractivity contribution in [1.29, 1.82) is 0 Å². The van der Waals surface area contributed by atoms with Crippen molar-refractivity contribution in [2.75, 3.05) is 11.5 Å². The molecule has 4 N–H and O–H groups in total. The molecule has 0 unspecified atom stereocenters. The van der Waals surface area contributed by atoms with Crippen LogP contribution in [0.3, 0.4) is 0 Å². The van der Waals surface area contributed by atoms with E-state index in [2.05, 4.69) is 48.5 Å². The van der Waals surface area contributed by atoms with Crippen molar-refractivity contribution >= 4 is 11.4 Å². The Morgan fingerprint density at radius 1 is 0.346 bits per heavy atom. The van der Waals surface area contributed by atoms with Gasteiger partial charge in [-0.15, -0.1) is 0 Å². The third kappa shape index (κ3) is 3.05. The number of rotatable bonds is 3. The van der Waals surface area contributed by atoms with Gasteiger partial charge in [-0.05, 0) is 34.4 Å². The summed E-state index contributed by atoms with van der Waals surface area (Å²) in [6.45, 7) is 0. The van der Waals surface area contributed by atoms with Crippen molar-refractivity contribution in [3.63, 3.8) is 0 Å². The molecule has 0 bridgehead atoms. The fourth-order valence-electron chi connectivity index (χ4n) is 3.20. The monoisotopic (exact) mass is 336 g/mol. The average molecular weight is 336 g/mol. The summed E-state index contributed by atoms with van der Waals surface area (Å²) in [5, 5.41) is 0. The van der Waals surface area contributed by atoms with Gasteiger partial charge in [-0.25, -0.2) is 0 Å². The molecule has 0 radical (unpaired) electrons. The smallest absolute Gasteiger partial charge is 0.0393 e. The molecule has 0 saturated heterocycles. The van der Waals surface area contributed by atoms with E-state index < -0.39 is 0 Å². The van der Waals surface area contributed by atoms with Crippen LogP contribution < -0.4 is 11.5 Å². The Balaban J connectivity index is 1.62. The standard InChI is InChI=1S/C24H20N2/c25-23-7-3-1-5-21(23)19-13-9-17(10-14-19)18-11-15-20(16-12-18)22-6-2-4-8-24(22)26/h1-16H,25-26H2. The van der Waals surface area contributed by atoms with Crippen LogP contribution >= 0.6 is 0 Å². The van der Waals surface area contributed by atoms with Gasteiger partial charge in [0.05, 0.1) is 0 Å². The van der Waals surface area contributed by atoms with Crippen LogP contribution in [0.5, 0.6) is 0 Å². The van der Waals surface area contributed by atoms with Gasteiger partial charge in [-0.2, -0.15) is 0 Å². The van der Waals surface area contributed by atoms with Crippen LogP contribution in [0.25, 0.3) is 33.4 Å². The molecule has 0 aliphatic rings. The molecule has 0 saturated carbocycles. The first-order valence-corrected chi connectivity index (χ1v) is 8.62. The van der Waals surface area contributed by atoms with Crippen molar-refractivity contribution in [2.24, 2.45) is 0 Å². The van der Waals surface area contributed by atoms with Crippen LogP contribution in [0.1, 0.15) is 0 Å². The fourth-order valence-corrected chi connectivity index (χ4v) is 3.20. The summed E-state index contributed by atoms with van der Waals surface area (Å²) in [6.07, 6.45) is 0. The normalized spacial score (nSPS) is 10.6. The largest absolute Gasteiger partial charge is 0.398 e. The van der Waals surface area contributed by atoms with Crippen molar-refractivity contribution in [3.8, 4) is 33.4 Å². The first-order valence-electron chi connectivity index (χ1n) is 8.62. The van der Waals surface area contributed by atoms with E-state index in [9.17, 15) is 0 Å². The van der Waals surface area contributed by atoms with Gasteiger partial charge in [0.25, 0.3) is 0 Å². The molecule has 26 heavy (non-hydrogen) atoms. The van der Waals surface area contributed by atoms with Crippen LogP contribution in [0.2, 0.25) is 0 Å². The van der Waals surface area contributed by atoms with Gasteiger partial charge >= 0.3 is 0 Å². The third-order valence-corrected chi connectivity index (χ3v) is 4.65. The molecule has 4 aromatic rings. The third-order valence-electron chi connectivity index (χ3n) is 4.65. The molecule has 0 aliphatic carbocycles. The van der Waals surface area contributed by atoms with Gasteiger partial charge in [-0.3, -0.25) is 0 Å². The Labute approximate surface area is 153 Å². The van der Waals surface area contributed by atoms with Gasteiger partial charge in [0.15, 0.2) is 0 Å². The quantitative estimate of drug-likeness (QED) is 0.461. The predicted octanol–water partition coefficient (Wildman–Crippen LogP) is 5.85. The lowest BCUT2D eigenvalue weighted by molar-refractivity contribution is 1.57. The van der Waals surface area contributed by atoms with E-state index in [0.29, 0.717) is 0 Å². The molecule has 0 spiro atoms. The number of benzene rings is 4. The van der Waals surface area contributed by atoms with Gasteiger partial charge in [0, 0.05) is 22.5 Å². The second-order valence-corrected chi connectivity index (χ2v) is 6.33. The summed E-state index contributed by atoms with van der Waals surface area (Å²) in [5.74, 6) is 0. The van der Waals surface area contributed by atoms with Crippen LogP contribution in [-0.4, -0.2) is 0 Å². The maximum atomic E-state index is 6.08. The van der Waals surface area contributed by atoms with E-state index in [1.807, 2.05) is 48.5 Å². The molecule has 2 nitrogen and oxygen atoms in total. The molecule has 0 amide bonds. The average Bonchev–Trinajstić information content (AvgIpc) is 2.69. The summed E-state index contributed by atoms with van der Waals surface area (Å²) in [7, 11) is 0. The topological polar surface area (TPSA) is 52.0 Å². The Morgan fingerprint density at radius 2 is 0.654 bits per heavy atom. The molecule has 4 aromatic carbocycles. The maximum absolute atomic E-state index is 6.08. The van der Waals surface area contributed by atoms with Crippen molar-refractivity contribution in [3.05, 3.63) is 97.1 Å². The van der Waals surface area contributed by atoms with Crippen LogP contribution in [-0.2, 0) is 0 Å². The molecular weight excluding hydrogens is 316 g/mol. The minimum Gasteiger partial charge on any atom is -0.398 e. The van der Waals surface area contributed by atoms with E-state index in [-0.39, 0.29) is 0 Å². The molecule has 0 aromatic heterocycles. The van der Waals surface area contributed by atoms with Crippen molar-refractivity contribution in [2.45, 2.75) is 0 Å². The lowest BCUT2D eigenvalue weighted by atomic mass is 9.97. The highest BCUT2D eigenvalue weighted by molar-refractivity contribution is 5.80. The van der Waals surface area contributed by atoms with Crippen molar-refractivity contribution in [1.82, 2.24) is 0 Å². The van der Waals surface area contributed by atoms with Crippen LogP contribution in [0, 0.1) is 0 Å². The highest BCUT2D eigenvalue weighted by Crippen LogP contribution is 2.30. The molecule has 0 heterocycles. The number of anilines is 2. The molecule has 2 heteroatoms. The van der Waals surface area contributed by atoms with Crippen LogP contribution in [0.15, 0.2) is 97.1 Å². The number of hydrogen-bond donors (Lipinski definition) is 2. The number of nitrogens with two attached hydrogens (primary N) is 2. The van der Waals surface area contributed by atoms with E-state index in [0.717, 1.165) is 33.6 Å². The summed E-state index contributed by atoms with van der Waals surface area (Å²) in [4.78, 5) is 0. The number of hydrogen-bond acceptors (Lipinski definition) is 2. The van der Waals surface area contributed by atoms with E-state index in [1.54, 1.807) is 0 Å². The molecule has 0 atom stereocenters. The molecular formula is C24H20N2. The van der Waals surface area contributed by atoms with Gasteiger partial charge in [0.1, 0.15) is 0 Å². The molecule has 4 rings (SSSR count). The predicted molar refractivity (Wildman–Crippen MR) is 112 cm³/mol.